The minimum absolute atomic E-state index is 0.230. The molecule has 2 N–H and O–H groups in total. The molecule has 0 aromatic heterocycles. The summed E-state index contributed by atoms with van der Waals surface area (Å²) in [6.45, 7) is 3.93. The number of carbonyl (C=O) groups is 2. The Hall–Kier alpha value is -3.81. The van der Waals surface area contributed by atoms with Crippen molar-refractivity contribution in [2.24, 2.45) is 5.92 Å². The highest BCUT2D eigenvalue weighted by atomic mass is 35.5. The molecule has 0 saturated carbocycles. The van der Waals surface area contributed by atoms with Crippen molar-refractivity contribution < 1.29 is 23.8 Å². The predicted octanol–water partition coefficient (Wildman–Crippen LogP) is 6.40. The number of phenols is 1. The molecule has 3 atom stereocenters. The first-order chi connectivity index (χ1) is 18.2. The van der Waals surface area contributed by atoms with Gasteiger partial charge in [0.05, 0.1) is 29.2 Å². The Morgan fingerprint density at radius 3 is 2.50 bits per heavy atom. The first kappa shape index (κ1) is 25.8. The van der Waals surface area contributed by atoms with E-state index in [1.807, 2.05) is 6.08 Å². The lowest BCUT2D eigenvalue weighted by atomic mass is 9.56. The van der Waals surface area contributed by atoms with Crippen molar-refractivity contribution in [1.29, 1.82) is 0 Å². The first-order valence-electron chi connectivity index (χ1n) is 11.8. The van der Waals surface area contributed by atoms with Crippen LogP contribution in [0.4, 0.5) is 10.1 Å². The number of carbonyl (C=O) groups excluding carboxylic acids is 2. The number of hydrogen-bond donors (Lipinski definition) is 2. The summed E-state index contributed by atoms with van der Waals surface area (Å²) < 4.78 is 20.0. The summed E-state index contributed by atoms with van der Waals surface area (Å²) >= 11 is 12.4. The Labute approximate surface area is 228 Å². The number of anilines is 1. The molecule has 9 heteroatoms. The number of imide groups is 1. The number of rotatable bonds is 6. The van der Waals surface area contributed by atoms with Gasteiger partial charge in [-0.3, -0.25) is 15.0 Å². The average Bonchev–Trinajstić information content (AvgIpc) is 3.13. The second kappa shape index (κ2) is 9.82. The van der Waals surface area contributed by atoms with Gasteiger partial charge in [-0.15, -0.1) is 0 Å². The van der Waals surface area contributed by atoms with Gasteiger partial charge in [-0.25, -0.2) is 4.39 Å². The summed E-state index contributed by atoms with van der Waals surface area (Å²) in [7, 11) is 1.53. The number of aromatic hydroxyl groups is 1. The van der Waals surface area contributed by atoms with Crippen LogP contribution < -0.4 is 10.2 Å². The van der Waals surface area contributed by atoms with Gasteiger partial charge < -0.3 is 9.84 Å². The number of hydrazine groups is 1. The third-order valence-corrected chi connectivity index (χ3v) is 7.82. The molecule has 6 nitrogen and oxygen atoms in total. The summed E-state index contributed by atoms with van der Waals surface area (Å²) in [6.07, 6.45) is 3.71. The number of amides is 2. The fourth-order valence-electron chi connectivity index (χ4n) is 5.55. The zero-order chi connectivity index (χ0) is 27.2. The Kier molecular flexibility index (Phi) is 6.67. The number of phenolic OH excluding ortho intramolecular Hbond substituents is 1. The Morgan fingerprint density at radius 1 is 1.13 bits per heavy atom. The molecule has 0 spiro atoms. The van der Waals surface area contributed by atoms with Gasteiger partial charge >= 0.3 is 0 Å². The van der Waals surface area contributed by atoms with Crippen molar-refractivity contribution in [3.05, 3.63) is 112 Å². The van der Waals surface area contributed by atoms with Crippen molar-refractivity contribution >= 4 is 40.7 Å². The van der Waals surface area contributed by atoms with E-state index in [2.05, 4.69) is 12.0 Å². The maximum Gasteiger partial charge on any atom is 0.260 e. The molecule has 2 amide bonds. The van der Waals surface area contributed by atoms with Crippen LogP contribution >= 0.6 is 23.2 Å². The van der Waals surface area contributed by atoms with Crippen LogP contribution in [0.2, 0.25) is 10.0 Å². The maximum atomic E-state index is 14.6. The van der Waals surface area contributed by atoms with Gasteiger partial charge in [0, 0.05) is 10.9 Å². The smallest absolute Gasteiger partial charge is 0.260 e. The Bertz CT molecular complexity index is 1490. The Morgan fingerprint density at radius 2 is 1.87 bits per heavy atom. The summed E-state index contributed by atoms with van der Waals surface area (Å²) in [5.74, 6) is -3.38. The summed E-state index contributed by atoms with van der Waals surface area (Å²) in [4.78, 5) is 28.5. The average molecular weight is 553 g/mol. The highest BCUT2D eigenvalue weighted by molar-refractivity contribution is 6.36. The fraction of sp³-hybridized carbons (Fsp3) is 0.172. The number of nitrogens with zero attached hydrogens (tertiary/aromatic N) is 1. The second-order valence-electron chi connectivity index (χ2n) is 9.15. The van der Waals surface area contributed by atoms with Gasteiger partial charge in [0.25, 0.3) is 11.8 Å². The number of benzene rings is 3. The van der Waals surface area contributed by atoms with Crippen LogP contribution in [0.5, 0.6) is 11.5 Å². The molecule has 38 heavy (non-hydrogen) atoms. The van der Waals surface area contributed by atoms with Crippen LogP contribution in [-0.4, -0.2) is 29.0 Å². The van der Waals surface area contributed by atoms with E-state index < -0.39 is 40.6 Å². The van der Waals surface area contributed by atoms with E-state index in [1.54, 1.807) is 48.5 Å². The Balaban J connectivity index is 1.74. The SMILES string of the molecule is C=CC1=CCC2C(=O)N(Nc3ccc(Cl)cc3Cl)C(=O)C2(c2ccc(OC)cc2)C1c1ccc(O)c(F)c1. The normalized spacial score (nSPS) is 22.6. The molecule has 1 aliphatic heterocycles. The van der Waals surface area contributed by atoms with E-state index in [9.17, 15) is 19.1 Å². The van der Waals surface area contributed by atoms with E-state index in [0.717, 1.165) is 5.01 Å². The number of nitrogens with one attached hydrogen (secondary N) is 1. The summed E-state index contributed by atoms with van der Waals surface area (Å²) in [5, 5.41) is 11.5. The van der Waals surface area contributed by atoms with Crippen LogP contribution in [0.3, 0.4) is 0 Å². The van der Waals surface area contributed by atoms with E-state index in [0.29, 0.717) is 33.2 Å². The lowest BCUT2D eigenvalue weighted by Crippen LogP contribution is -2.48. The topological polar surface area (TPSA) is 78.9 Å². The van der Waals surface area contributed by atoms with Crippen molar-refractivity contribution in [2.45, 2.75) is 17.8 Å². The van der Waals surface area contributed by atoms with Crippen LogP contribution in [0.1, 0.15) is 23.5 Å². The van der Waals surface area contributed by atoms with Gasteiger partial charge in [-0.1, -0.05) is 60.1 Å². The number of halogens is 3. The fourth-order valence-corrected chi connectivity index (χ4v) is 6.01. The molecule has 1 aliphatic carbocycles. The molecule has 0 radical (unpaired) electrons. The summed E-state index contributed by atoms with van der Waals surface area (Å²) in [5.41, 5.74) is 3.39. The van der Waals surface area contributed by atoms with Crippen molar-refractivity contribution in [3.8, 4) is 11.5 Å². The molecule has 194 valence electrons. The number of ether oxygens (including phenoxy) is 1. The van der Waals surface area contributed by atoms with Crippen LogP contribution in [0.25, 0.3) is 0 Å². The molecule has 3 aromatic carbocycles. The first-order valence-corrected chi connectivity index (χ1v) is 12.5. The number of methoxy groups -OCH3 is 1. The third-order valence-electron chi connectivity index (χ3n) is 7.27. The van der Waals surface area contributed by atoms with E-state index >= 15 is 0 Å². The van der Waals surface area contributed by atoms with Gasteiger partial charge in [-0.2, -0.15) is 5.01 Å². The molecule has 3 aromatic rings. The van der Waals surface area contributed by atoms with Crippen molar-refractivity contribution in [1.82, 2.24) is 5.01 Å². The maximum absolute atomic E-state index is 14.6. The van der Waals surface area contributed by atoms with Gasteiger partial charge in [0.15, 0.2) is 11.6 Å². The molecule has 1 fully saturated rings. The molecule has 1 heterocycles. The van der Waals surface area contributed by atoms with Gasteiger partial charge in [0.1, 0.15) is 5.75 Å². The lowest BCUT2D eigenvalue weighted by Gasteiger charge is -2.43. The molecular formula is C29H23Cl2FN2O4. The predicted molar refractivity (Wildman–Crippen MR) is 144 cm³/mol. The zero-order valence-electron chi connectivity index (χ0n) is 20.3. The molecule has 5 rings (SSSR count). The summed E-state index contributed by atoms with van der Waals surface area (Å²) in [6, 6.07) is 15.6. The lowest BCUT2D eigenvalue weighted by molar-refractivity contribution is -0.138. The van der Waals surface area contributed by atoms with Crippen LogP contribution in [-0.2, 0) is 15.0 Å². The minimum Gasteiger partial charge on any atom is -0.505 e. The van der Waals surface area contributed by atoms with E-state index in [1.165, 1.54) is 25.3 Å². The largest absolute Gasteiger partial charge is 0.505 e. The minimum atomic E-state index is -1.46. The molecular weight excluding hydrogens is 530 g/mol. The van der Waals surface area contributed by atoms with Crippen LogP contribution in [0.15, 0.2) is 85.0 Å². The second-order valence-corrected chi connectivity index (χ2v) is 10.00. The quantitative estimate of drug-likeness (QED) is 0.346. The van der Waals surface area contributed by atoms with Crippen LogP contribution in [0, 0.1) is 11.7 Å². The third kappa shape index (κ3) is 3.94. The standard InChI is InChI=1S/C29H23Cl2FN2O4/c1-3-16-4-11-21-27(36)34(33-24-12-8-19(30)15-22(24)31)28(37)29(21,18-6-9-20(38-2)10-7-18)26(16)17-5-13-25(35)23(32)14-17/h3-10,12-15,21,26,33,35H,1,11H2,2H3. The van der Waals surface area contributed by atoms with Gasteiger partial charge in [-0.05, 0) is 65.6 Å². The van der Waals surface area contributed by atoms with E-state index in [-0.39, 0.29) is 11.4 Å². The van der Waals surface area contributed by atoms with Crippen molar-refractivity contribution in [3.63, 3.8) is 0 Å². The van der Waals surface area contributed by atoms with Crippen molar-refractivity contribution in [2.75, 3.05) is 12.5 Å². The molecule has 1 saturated heterocycles. The number of allylic oxidation sites excluding steroid dienone is 3. The highest BCUT2D eigenvalue weighted by Crippen LogP contribution is 2.58. The molecule has 0 bridgehead atoms. The van der Waals surface area contributed by atoms with E-state index in [4.69, 9.17) is 27.9 Å². The monoisotopic (exact) mass is 552 g/mol. The number of fused-ring (bicyclic) bond motifs is 1. The van der Waals surface area contributed by atoms with Gasteiger partial charge in [0.2, 0.25) is 0 Å². The number of hydrogen-bond acceptors (Lipinski definition) is 5. The molecule has 3 unspecified atom stereocenters. The highest BCUT2D eigenvalue weighted by Gasteiger charge is 2.65. The molecule has 2 aliphatic rings. The zero-order valence-corrected chi connectivity index (χ0v) is 21.8.